The van der Waals surface area contributed by atoms with Crippen LogP contribution in [-0.4, -0.2) is 19.5 Å². The molecule has 0 radical (unpaired) electrons. The Balaban J connectivity index is 2.01. The van der Waals surface area contributed by atoms with Gasteiger partial charge in [-0.15, -0.1) is 11.3 Å². The van der Waals surface area contributed by atoms with E-state index in [1.807, 2.05) is 20.9 Å². The average molecular weight is 333 g/mol. The van der Waals surface area contributed by atoms with E-state index in [0.29, 0.717) is 17.3 Å². The van der Waals surface area contributed by atoms with Gasteiger partial charge in [-0.25, -0.2) is 13.1 Å². The van der Waals surface area contributed by atoms with Crippen LogP contribution >= 0.6 is 22.9 Å². The summed E-state index contributed by atoms with van der Waals surface area (Å²) >= 11 is 6.82. The van der Waals surface area contributed by atoms with Gasteiger partial charge in [0.1, 0.15) is 4.21 Å². The zero-order chi connectivity index (χ0) is 14.9. The van der Waals surface area contributed by atoms with Crippen LogP contribution in [0.15, 0.2) is 22.4 Å². The number of hydrogen-bond acceptors (Lipinski definition) is 3. The van der Waals surface area contributed by atoms with Gasteiger partial charge < -0.3 is 4.57 Å². The van der Waals surface area contributed by atoms with Gasteiger partial charge >= 0.3 is 0 Å². The normalized spacial score (nSPS) is 12.0. The van der Waals surface area contributed by atoms with E-state index in [9.17, 15) is 8.42 Å². The van der Waals surface area contributed by atoms with Crippen molar-refractivity contribution in [1.82, 2.24) is 9.29 Å². The van der Waals surface area contributed by atoms with Crippen molar-refractivity contribution in [2.24, 2.45) is 7.05 Å². The topological polar surface area (TPSA) is 51.1 Å². The largest absolute Gasteiger partial charge is 0.352 e. The summed E-state index contributed by atoms with van der Waals surface area (Å²) in [5.41, 5.74) is 3.50. The molecule has 0 aliphatic heterocycles. The Morgan fingerprint density at radius 1 is 1.35 bits per heavy atom. The molecule has 4 nitrogen and oxygen atoms in total. The number of aromatic nitrogens is 1. The van der Waals surface area contributed by atoms with Gasteiger partial charge in [0.05, 0.1) is 4.34 Å². The predicted molar refractivity (Wildman–Crippen MR) is 83.1 cm³/mol. The standard InChI is InChI=1S/C13H17ClN2O2S2/c1-9-8-11(10(2)16(9)3)6-7-15-20(17,18)13-5-4-12(14)19-13/h4-5,8,15H,6-7H2,1-3H3. The Kier molecular flexibility index (Phi) is 4.59. The van der Waals surface area contributed by atoms with Crippen molar-refractivity contribution >= 4 is 33.0 Å². The lowest BCUT2D eigenvalue weighted by Gasteiger charge is -2.05. The second-order valence-corrected chi connectivity index (χ2v) is 8.37. The van der Waals surface area contributed by atoms with Gasteiger partial charge in [-0.05, 0) is 44.0 Å². The van der Waals surface area contributed by atoms with Crippen LogP contribution in [0, 0.1) is 13.8 Å². The van der Waals surface area contributed by atoms with Gasteiger partial charge in [-0.3, -0.25) is 0 Å². The number of nitrogens with zero attached hydrogens (tertiary/aromatic N) is 1. The Labute approximate surface area is 128 Å². The summed E-state index contributed by atoms with van der Waals surface area (Å²) in [5.74, 6) is 0. The second-order valence-electron chi connectivity index (χ2n) is 4.66. The zero-order valence-corrected chi connectivity index (χ0v) is 14.0. The number of hydrogen-bond donors (Lipinski definition) is 1. The average Bonchev–Trinajstić information content (AvgIpc) is 2.91. The first-order valence-electron chi connectivity index (χ1n) is 6.18. The summed E-state index contributed by atoms with van der Waals surface area (Å²) in [4.78, 5) is 0. The van der Waals surface area contributed by atoms with Crippen LogP contribution in [0.3, 0.4) is 0 Å². The fraction of sp³-hybridized carbons (Fsp3) is 0.385. The highest BCUT2D eigenvalue weighted by Gasteiger charge is 2.16. The first kappa shape index (κ1) is 15.6. The Morgan fingerprint density at radius 3 is 2.55 bits per heavy atom. The molecule has 0 bridgehead atoms. The lowest BCUT2D eigenvalue weighted by Crippen LogP contribution is -2.25. The highest BCUT2D eigenvalue weighted by molar-refractivity contribution is 7.91. The summed E-state index contributed by atoms with van der Waals surface area (Å²) < 4.78 is 29.5. The number of halogens is 1. The molecule has 7 heteroatoms. The second kappa shape index (κ2) is 5.89. The van der Waals surface area contributed by atoms with Crippen molar-refractivity contribution in [2.45, 2.75) is 24.5 Å². The maximum absolute atomic E-state index is 12.0. The van der Waals surface area contributed by atoms with E-state index in [0.717, 1.165) is 16.9 Å². The molecule has 0 aliphatic rings. The molecule has 1 N–H and O–H groups in total. The van der Waals surface area contributed by atoms with Crippen molar-refractivity contribution in [1.29, 1.82) is 0 Å². The molecule has 2 aromatic rings. The number of thiophene rings is 1. The zero-order valence-electron chi connectivity index (χ0n) is 11.6. The molecule has 0 aliphatic carbocycles. The summed E-state index contributed by atoms with van der Waals surface area (Å²) in [5, 5.41) is 0. The lowest BCUT2D eigenvalue weighted by atomic mass is 10.2. The molecule has 2 rings (SSSR count). The molecule has 0 amide bonds. The van der Waals surface area contributed by atoms with Crippen LogP contribution < -0.4 is 4.72 Å². The van der Waals surface area contributed by atoms with E-state index in [1.54, 1.807) is 6.07 Å². The number of sulfonamides is 1. The van der Waals surface area contributed by atoms with Gasteiger partial charge in [0.2, 0.25) is 10.0 Å². The first-order chi connectivity index (χ1) is 9.31. The minimum atomic E-state index is -3.45. The van der Waals surface area contributed by atoms with Gasteiger partial charge in [0, 0.05) is 25.0 Å². The fourth-order valence-electron chi connectivity index (χ4n) is 2.02. The van der Waals surface area contributed by atoms with Crippen molar-refractivity contribution < 1.29 is 8.42 Å². The molecule has 0 fully saturated rings. The summed E-state index contributed by atoms with van der Waals surface area (Å²) in [6.07, 6.45) is 0.672. The van der Waals surface area contributed by atoms with Crippen LogP contribution in [0.4, 0.5) is 0 Å². The Bertz CT molecular complexity index is 717. The highest BCUT2D eigenvalue weighted by Crippen LogP contribution is 2.25. The number of aryl methyl sites for hydroxylation is 1. The third-order valence-electron chi connectivity index (χ3n) is 3.38. The molecule has 0 saturated carbocycles. The van der Waals surface area contributed by atoms with Crippen molar-refractivity contribution in [3.63, 3.8) is 0 Å². The van der Waals surface area contributed by atoms with Crippen LogP contribution in [0.2, 0.25) is 4.34 Å². The molecule has 20 heavy (non-hydrogen) atoms. The molecular formula is C13H17ClN2O2S2. The molecule has 2 aromatic heterocycles. The molecular weight excluding hydrogens is 316 g/mol. The summed E-state index contributed by atoms with van der Waals surface area (Å²) in [6.45, 7) is 4.45. The summed E-state index contributed by atoms with van der Waals surface area (Å²) in [7, 11) is -1.44. The number of rotatable bonds is 5. The van der Waals surface area contributed by atoms with Crippen molar-refractivity contribution in [3.8, 4) is 0 Å². The molecule has 0 unspecified atom stereocenters. The minimum absolute atomic E-state index is 0.253. The molecule has 0 saturated heterocycles. The third-order valence-corrected chi connectivity index (χ3v) is 6.56. The van der Waals surface area contributed by atoms with Gasteiger partial charge in [0.15, 0.2) is 0 Å². The van der Waals surface area contributed by atoms with Crippen LogP contribution in [0.25, 0.3) is 0 Å². The number of nitrogens with one attached hydrogen (secondary N) is 1. The highest BCUT2D eigenvalue weighted by atomic mass is 35.5. The lowest BCUT2D eigenvalue weighted by molar-refractivity contribution is 0.583. The van der Waals surface area contributed by atoms with Gasteiger partial charge in [-0.1, -0.05) is 11.6 Å². The van der Waals surface area contributed by atoms with E-state index in [1.165, 1.54) is 17.5 Å². The van der Waals surface area contributed by atoms with E-state index in [-0.39, 0.29) is 4.21 Å². The predicted octanol–water partition coefficient (Wildman–Crippen LogP) is 2.88. The van der Waals surface area contributed by atoms with Gasteiger partial charge in [0.25, 0.3) is 0 Å². The molecule has 0 atom stereocenters. The first-order valence-corrected chi connectivity index (χ1v) is 8.86. The van der Waals surface area contributed by atoms with Crippen LogP contribution in [0.5, 0.6) is 0 Å². The fourth-order valence-corrected chi connectivity index (χ4v) is 4.58. The summed E-state index contributed by atoms with van der Waals surface area (Å²) in [6, 6.07) is 5.20. The third kappa shape index (κ3) is 3.25. The minimum Gasteiger partial charge on any atom is -0.352 e. The van der Waals surface area contributed by atoms with Crippen LogP contribution in [-0.2, 0) is 23.5 Å². The Morgan fingerprint density at radius 2 is 2.05 bits per heavy atom. The molecule has 2 heterocycles. The van der Waals surface area contributed by atoms with Crippen LogP contribution in [0.1, 0.15) is 17.0 Å². The van der Waals surface area contributed by atoms with Gasteiger partial charge in [-0.2, -0.15) is 0 Å². The van der Waals surface area contributed by atoms with Crippen molar-refractivity contribution in [3.05, 3.63) is 39.5 Å². The molecule has 110 valence electrons. The quantitative estimate of drug-likeness (QED) is 0.915. The van der Waals surface area contributed by atoms with Crippen molar-refractivity contribution in [2.75, 3.05) is 6.54 Å². The van der Waals surface area contributed by atoms with E-state index in [2.05, 4.69) is 15.4 Å². The Hall–Kier alpha value is -0.820. The maximum Gasteiger partial charge on any atom is 0.250 e. The monoisotopic (exact) mass is 332 g/mol. The molecule has 0 spiro atoms. The van der Waals surface area contributed by atoms with E-state index >= 15 is 0 Å². The SMILES string of the molecule is Cc1cc(CCNS(=O)(=O)c2ccc(Cl)s2)c(C)n1C. The van der Waals surface area contributed by atoms with E-state index < -0.39 is 10.0 Å². The molecule has 0 aromatic carbocycles. The smallest absolute Gasteiger partial charge is 0.250 e. The van der Waals surface area contributed by atoms with E-state index in [4.69, 9.17) is 11.6 Å². The maximum atomic E-state index is 12.0.